The number of anilines is 1. The zero-order chi connectivity index (χ0) is 19.6. The number of nitrogens with two attached hydrogens (primary N) is 1. The predicted octanol–water partition coefficient (Wildman–Crippen LogP) is 3.09. The second kappa shape index (κ2) is 8.94. The molecule has 1 unspecified atom stereocenters. The number of aryl methyl sites for hydroxylation is 2. The molecule has 1 aliphatic rings. The van der Waals surface area contributed by atoms with Crippen molar-refractivity contribution in [2.45, 2.75) is 37.6 Å². The summed E-state index contributed by atoms with van der Waals surface area (Å²) in [5.74, 6) is -0.0634. The Balaban J connectivity index is 0.00000280. The molecule has 1 aliphatic heterocycles. The van der Waals surface area contributed by atoms with Crippen LogP contribution in [0.4, 0.5) is 5.69 Å². The first-order valence-corrected chi connectivity index (χ1v) is 10.5. The van der Waals surface area contributed by atoms with Crippen molar-refractivity contribution in [3.8, 4) is 0 Å². The number of likely N-dealkylation sites (tertiary alicyclic amines) is 1. The van der Waals surface area contributed by atoms with Gasteiger partial charge in [-0.15, -0.1) is 12.4 Å². The number of amides is 1. The zero-order valence-corrected chi connectivity index (χ0v) is 17.6. The number of benzene rings is 2. The van der Waals surface area contributed by atoms with Crippen LogP contribution in [0.5, 0.6) is 0 Å². The van der Waals surface area contributed by atoms with Gasteiger partial charge in [0.25, 0.3) is 15.9 Å². The summed E-state index contributed by atoms with van der Waals surface area (Å²) in [6.07, 6.45) is 1.89. The topological polar surface area (TPSA) is 92.5 Å². The molecule has 8 heteroatoms. The molecule has 1 fully saturated rings. The Bertz CT molecular complexity index is 946. The van der Waals surface area contributed by atoms with Crippen LogP contribution in [0.3, 0.4) is 0 Å². The molecule has 0 radical (unpaired) electrons. The van der Waals surface area contributed by atoms with E-state index in [0.717, 1.165) is 24.0 Å². The highest BCUT2D eigenvalue weighted by Crippen LogP contribution is 2.22. The number of halogens is 1. The number of nitrogens with zero attached hydrogens (tertiary/aromatic N) is 1. The van der Waals surface area contributed by atoms with Crippen molar-refractivity contribution in [2.75, 3.05) is 17.8 Å². The van der Waals surface area contributed by atoms with Gasteiger partial charge < -0.3 is 10.6 Å². The number of rotatable bonds is 5. The van der Waals surface area contributed by atoms with Gasteiger partial charge in [0.2, 0.25) is 0 Å². The standard InChI is InChI=1S/C20H25N3O3S.ClH/c1-14-5-10-19(12-15(14)2)27(25,26)22-17-8-6-16(7-9-17)20(24)23-11-3-4-18(23)13-21;/h5-10,12,18,22H,3-4,11,13,21H2,1-2H3;1H. The summed E-state index contributed by atoms with van der Waals surface area (Å²) >= 11 is 0. The smallest absolute Gasteiger partial charge is 0.261 e. The normalized spacial score (nSPS) is 16.5. The molecule has 2 aromatic rings. The van der Waals surface area contributed by atoms with E-state index in [1.807, 2.05) is 13.8 Å². The zero-order valence-electron chi connectivity index (χ0n) is 16.0. The van der Waals surface area contributed by atoms with Crippen LogP contribution in [-0.4, -0.2) is 38.4 Å². The lowest BCUT2D eigenvalue weighted by Gasteiger charge is -2.23. The van der Waals surface area contributed by atoms with Crippen LogP contribution in [0.25, 0.3) is 0 Å². The van der Waals surface area contributed by atoms with Crippen LogP contribution in [0, 0.1) is 13.8 Å². The Morgan fingerprint density at radius 3 is 2.43 bits per heavy atom. The van der Waals surface area contributed by atoms with Crippen LogP contribution >= 0.6 is 12.4 Å². The maximum atomic E-state index is 12.6. The summed E-state index contributed by atoms with van der Waals surface area (Å²) in [4.78, 5) is 14.7. The average Bonchev–Trinajstić information content (AvgIpc) is 3.12. The lowest BCUT2D eigenvalue weighted by Crippen LogP contribution is -2.39. The molecule has 0 bridgehead atoms. The van der Waals surface area contributed by atoms with Crippen molar-refractivity contribution in [1.29, 1.82) is 0 Å². The molecule has 0 aliphatic carbocycles. The predicted molar refractivity (Wildman–Crippen MR) is 114 cm³/mol. The SMILES string of the molecule is Cc1ccc(S(=O)(=O)Nc2ccc(C(=O)N3CCCC3CN)cc2)cc1C.Cl. The molecule has 1 amide bonds. The van der Waals surface area contributed by atoms with Crippen molar-refractivity contribution in [1.82, 2.24) is 4.90 Å². The van der Waals surface area contributed by atoms with Crippen LogP contribution < -0.4 is 10.5 Å². The first kappa shape index (κ1) is 22.2. The molecule has 152 valence electrons. The molecule has 1 atom stereocenters. The highest BCUT2D eigenvalue weighted by molar-refractivity contribution is 7.92. The van der Waals surface area contributed by atoms with Crippen LogP contribution in [0.15, 0.2) is 47.4 Å². The third kappa shape index (κ3) is 4.66. The Hall–Kier alpha value is -2.09. The molecule has 0 spiro atoms. The monoisotopic (exact) mass is 423 g/mol. The Labute approximate surface area is 172 Å². The number of carbonyl (C=O) groups is 1. The van der Waals surface area contributed by atoms with E-state index in [1.54, 1.807) is 47.4 Å². The molecule has 1 saturated heterocycles. The summed E-state index contributed by atoms with van der Waals surface area (Å²) in [6, 6.07) is 11.6. The summed E-state index contributed by atoms with van der Waals surface area (Å²) in [5, 5.41) is 0. The van der Waals surface area contributed by atoms with Gasteiger partial charge in [0.1, 0.15) is 0 Å². The Kier molecular flexibility index (Phi) is 7.09. The molecule has 28 heavy (non-hydrogen) atoms. The van der Waals surface area contributed by atoms with E-state index in [1.165, 1.54) is 0 Å². The molecule has 1 heterocycles. The van der Waals surface area contributed by atoms with Gasteiger partial charge >= 0.3 is 0 Å². The van der Waals surface area contributed by atoms with Crippen molar-refractivity contribution in [3.05, 3.63) is 59.2 Å². The minimum atomic E-state index is -3.68. The van der Waals surface area contributed by atoms with E-state index < -0.39 is 10.0 Å². The second-order valence-electron chi connectivity index (χ2n) is 6.96. The fourth-order valence-corrected chi connectivity index (χ4v) is 4.43. The molecule has 6 nitrogen and oxygen atoms in total. The Morgan fingerprint density at radius 1 is 1.14 bits per heavy atom. The molecular weight excluding hydrogens is 398 g/mol. The Morgan fingerprint density at radius 2 is 1.82 bits per heavy atom. The highest BCUT2D eigenvalue weighted by Gasteiger charge is 2.28. The fourth-order valence-electron chi connectivity index (χ4n) is 3.29. The van der Waals surface area contributed by atoms with Gasteiger partial charge in [0, 0.05) is 30.4 Å². The lowest BCUT2D eigenvalue weighted by molar-refractivity contribution is 0.0741. The summed E-state index contributed by atoms with van der Waals surface area (Å²) < 4.78 is 27.7. The number of carbonyl (C=O) groups excluding carboxylic acids is 1. The maximum Gasteiger partial charge on any atom is 0.261 e. The van der Waals surface area contributed by atoms with E-state index in [9.17, 15) is 13.2 Å². The fraction of sp³-hybridized carbons (Fsp3) is 0.350. The van der Waals surface area contributed by atoms with Crippen molar-refractivity contribution in [3.63, 3.8) is 0 Å². The molecule has 3 N–H and O–H groups in total. The minimum absolute atomic E-state index is 0. The van der Waals surface area contributed by atoms with E-state index in [2.05, 4.69) is 4.72 Å². The van der Waals surface area contributed by atoms with Gasteiger partial charge in [-0.05, 0) is 74.2 Å². The first-order valence-electron chi connectivity index (χ1n) is 9.03. The number of nitrogens with one attached hydrogen (secondary N) is 1. The molecular formula is C20H26ClN3O3S. The van der Waals surface area contributed by atoms with Gasteiger partial charge in [-0.2, -0.15) is 0 Å². The molecule has 3 rings (SSSR count). The van der Waals surface area contributed by atoms with Gasteiger partial charge in [0.15, 0.2) is 0 Å². The molecule has 0 saturated carbocycles. The number of hydrogen-bond donors (Lipinski definition) is 2. The second-order valence-corrected chi connectivity index (χ2v) is 8.64. The number of sulfonamides is 1. The van der Waals surface area contributed by atoms with Gasteiger partial charge in [0.05, 0.1) is 4.90 Å². The largest absolute Gasteiger partial charge is 0.334 e. The van der Waals surface area contributed by atoms with E-state index in [4.69, 9.17) is 5.73 Å². The van der Waals surface area contributed by atoms with Crippen LogP contribution in [-0.2, 0) is 10.0 Å². The van der Waals surface area contributed by atoms with Gasteiger partial charge in [-0.25, -0.2) is 8.42 Å². The van der Waals surface area contributed by atoms with E-state index in [0.29, 0.717) is 24.3 Å². The van der Waals surface area contributed by atoms with Crippen molar-refractivity contribution < 1.29 is 13.2 Å². The first-order chi connectivity index (χ1) is 12.8. The van der Waals surface area contributed by atoms with E-state index >= 15 is 0 Å². The molecule has 0 aromatic heterocycles. The highest BCUT2D eigenvalue weighted by atomic mass is 35.5. The van der Waals surface area contributed by atoms with E-state index in [-0.39, 0.29) is 29.3 Å². The average molecular weight is 424 g/mol. The number of hydrogen-bond acceptors (Lipinski definition) is 4. The summed E-state index contributed by atoms with van der Waals surface area (Å²) in [5.41, 5.74) is 8.64. The molecule has 2 aromatic carbocycles. The quantitative estimate of drug-likeness (QED) is 0.772. The van der Waals surface area contributed by atoms with Crippen molar-refractivity contribution >= 4 is 34.0 Å². The van der Waals surface area contributed by atoms with Crippen LogP contribution in [0.1, 0.15) is 34.3 Å². The minimum Gasteiger partial charge on any atom is -0.334 e. The third-order valence-corrected chi connectivity index (χ3v) is 6.46. The maximum absolute atomic E-state index is 12.6. The lowest BCUT2D eigenvalue weighted by atomic mass is 10.1. The third-order valence-electron chi connectivity index (χ3n) is 5.08. The summed E-state index contributed by atoms with van der Waals surface area (Å²) in [6.45, 7) is 4.98. The van der Waals surface area contributed by atoms with Gasteiger partial charge in [-0.1, -0.05) is 6.07 Å². The van der Waals surface area contributed by atoms with Crippen molar-refractivity contribution in [2.24, 2.45) is 5.73 Å². The van der Waals surface area contributed by atoms with Gasteiger partial charge in [-0.3, -0.25) is 9.52 Å². The van der Waals surface area contributed by atoms with Crippen LogP contribution in [0.2, 0.25) is 0 Å². The summed E-state index contributed by atoms with van der Waals surface area (Å²) in [7, 11) is -3.68.